The average Bonchev–Trinajstić information content (AvgIpc) is 3.27. The first-order chi connectivity index (χ1) is 12.2. The van der Waals surface area contributed by atoms with E-state index in [1.54, 1.807) is 18.2 Å². The summed E-state index contributed by atoms with van der Waals surface area (Å²) >= 11 is 0. The van der Waals surface area contributed by atoms with Crippen molar-refractivity contribution in [2.24, 2.45) is 0 Å². The van der Waals surface area contributed by atoms with Crippen molar-refractivity contribution in [1.82, 2.24) is 10.5 Å². The third kappa shape index (κ3) is 3.18. The van der Waals surface area contributed by atoms with Crippen LogP contribution in [-0.4, -0.2) is 17.6 Å². The number of halogens is 1. The molecule has 1 aromatic heterocycles. The number of nitrogens with zero attached hydrogens (tertiary/aromatic N) is 1. The summed E-state index contributed by atoms with van der Waals surface area (Å²) in [5.74, 6) is -0.351. The molecule has 5 heteroatoms. The summed E-state index contributed by atoms with van der Waals surface area (Å²) in [6.07, 6.45) is 1.95. The summed E-state index contributed by atoms with van der Waals surface area (Å²) in [5.41, 5.74) is 2.49. The predicted octanol–water partition coefficient (Wildman–Crippen LogP) is 3.94. The van der Waals surface area contributed by atoms with E-state index >= 15 is 0 Å². The van der Waals surface area contributed by atoms with Crippen LogP contribution in [0.1, 0.15) is 29.0 Å². The monoisotopic (exact) mass is 336 g/mol. The number of benzene rings is 2. The molecule has 1 aliphatic rings. The Morgan fingerprint density at radius 1 is 1.12 bits per heavy atom. The lowest BCUT2D eigenvalue weighted by Gasteiger charge is -2.16. The molecule has 0 atom stereocenters. The fourth-order valence-electron chi connectivity index (χ4n) is 2.99. The van der Waals surface area contributed by atoms with E-state index in [1.807, 2.05) is 30.3 Å². The second-order valence-electron chi connectivity index (χ2n) is 6.41. The van der Waals surface area contributed by atoms with Gasteiger partial charge in [-0.25, -0.2) is 4.39 Å². The van der Waals surface area contributed by atoms with Crippen LogP contribution in [0.4, 0.5) is 4.39 Å². The Morgan fingerprint density at radius 2 is 1.84 bits per heavy atom. The van der Waals surface area contributed by atoms with Gasteiger partial charge in [0.2, 0.25) is 5.76 Å². The number of hydrogen-bond acceptors (Lipinski definition) is 3. The van der Waals surface area contributed by atoms with Gasteiger partial charge in [-0.05, 0) is 30.5 Å². The van der Waals surface area contributed by atoms with Gasteiger partial charge in [-0.15, -0.1) is 0 Å². The minimum absolute atomic E-state index is 0.0916. The van der Waals surface area contributed by atoms with Crippen molar-refractivity contribution in [2.45, 2.75) is 18.3 Å². The van der Waals surface area contributed by atoms with Gasteiger partial charge in [0.1, 0.15) is 11.5 Å². The largest absolute Gasteiger partial charge is 0.350 e. The Balaban J connectivity index is 1.43. The molecule has 2 aromatic carbocycles. The topological polar surface area (TPSA) is 55.1 Å². The molecular formula is C20H17FN2O2. The third-order valence-corrected chi connectivity index (χ3v) is 4.70. The van der Waals surface area contributed by atoms with E-state index in [1.165, 1.54) is 12.1 Å². The van der Waals surface area contributed by atoms with Crippen LogP contribution < -0.4 is 5.32 Å². The number of amides is 1. The van der Waals surface area contributed by atoms with E-state index in [0.717, 1.165) is 24.0 Å². The molecule has 1 aliphatic carbocycles. The van der Waals surface area contributed by atoms with Gasteiger partial charge in [-0.1, -0.05) is 47.6 Å². The van der Waals surface area contributed by atoms with E-state index < -0.39 is 0 Å². The highest BCUT2D eigenvalue weighted by molar-refractivity contribution is 5.92. The Kier molecular flexibility index (Phi) is 3.84. The van der Waals surface area contributed by atoms with Gasteiger partial charge < -0.3 is 9.84 Å². The highest BCUT2D eigenvalue weighted by Crippen LogP contribution is 2.47. The van der Waals surface area contributed by atoms with Gasteiger partial charge in [-0.3, -0.25) is 4.79 Å². The average molecular weight is 336 g/mol. The molecule has 0 aliphatic heterocycles. The molecule has 0 spiro atoms. The van der Waals surface area contributed by atoms with Gasteiger partial charge >= 0.3 is 0 Å². The number of carbonyl (C=O) groups excluding carboxylic acids is 1. The lowest BCUT2D eigenvalue weighted by Crippen LogP contribution is -2.32. The number of hydrogen-bond donors (Lipinski definition) is 1. The van der Waals surface area contributed by atoms with Gasteiger partial charge in [0.25, 0.3) is 5.91 Å². The van der Waals surface area contributed by atoms with Crippen molar-refractivity contribution in [1.29, 1.82) is 0 Å². The normalized spacial score (nSPS) is 14.9. The van der Waals surface area contributed by atoms with Gasteiger partial charge in [0.05, 0.1) is 0 Å². The van der Waals surface area contributed by atoms with E-state index in [9.17, 15) is 9.18 Å². The summed E-state index contributed by atoms with van der Waals surface area (Å²) in [7, 11) is 0. The highest BCUT2D eigenvalue weighted by Gasteiger charge is 2.44. The van der Waals surface area contributed by atoms with Crippen LogP contribution in [0.2, 0.25) is 0 Å². The molecule has 0 saturated heterocycles. The zero-order valence-corrected chi connectivity index (χ0v) is 13.5. The summed E-state index contributed by atoms with van der Waals surface area (Å²) in [6, 6.07) is 17.7. The SMILES string of the molecule is O=C(NCC1(c2ccc(F)cc2)CC1)c1cc(-c2ccccc2)no1. The second kappa shape index (κ2) is 6.16. The Bertz CT molecular complexity index is 884. The molecule has 1 heterocycles. The van der Waals surface area contributed by atoms with Crippen LogP contribution in [0.3, 0.4) is 0 Å². The lowest BCUT2D eigenvalue weighted by atomic mass is 9.96. The van der Waals surface area contributed by atoms with Gasteiger partial charge in [-0.2, -0.15) is 0 Å². The van der Waals surface area contributed by atoms with Crippen molar-refractivity contribution in [3.63, 3.8) is 0 Å². The predicted molar refractivity (Wildman–Crippen MR) is 91.6 cm³/mol. The molecule has 1 amide bonds. The van der Waals surface area contributed by atoms with Crippen molar-refractivity contribution in [2.75, 3.05) is 6.54 Å². The second-order valence-corrected chi connectivity index (χ2v) is 6.41. The molecule has 4 rings (SSSR count). The fraction of sp³-hybridized carbons (Fsp3) is 0.200. The van der Waals surface area contributed by atoms with Crippen molar-refractivity contribution >= 4 is 5.91 Å². The summed E-state index contributed by atoms with van der Waals surface area (Å²) in [6.45, 7) is 0.499. The Labute approximate surface area is 144 Å². The molecule has 1 N–H and O–H groups in total. The number of rotatable bonds is 5. The maximum absolute atomic E-state index is 13.1. The molecule has 126 valence electrons. The minimum Gasteiger partial charge on any atom is -0.350 e. The summed E-state index contributed by atoms with van der Waals surface area (Å²) < 4.78 is 18.3. The van der Waals surface area contributed by atoms with Crippen LogP contribution in [0.15, 0.2) is 65.2 Å². The molecular weight excluding hydrogens is 319 g/mol. The quantitative estimate of drug-likeness (QED) is 0.768. The van der Waals surface area contributed by atoms with E-state index in [0.29, 0.717) is 12.2 Å². The number of carbonyl (C=O) groups is 1. The highest BCUT2D eigenvalue weighted by atomic mass is 19.1. The number of nitrogens with one attached hydrogen (secondary N) is 1. The maximum atomic E-state index is 13.1. The Morgan fingerprint density at radius 3 is 2.52 bits per heavy atom. The first-order valence-electron chi connectivity index (χ1n) is 8.23. The van der Waals surface area contributed by atoms with Crippen LogP contribution in [-0.2, 0) is 5.41 Å². The van der Waals surface area contributed by atoms with Crippen LogP contribution >= 0.6 is 0 Å². The van der Waals surface area contributed by atoms with Gasteiger partial charge in [0.15, 0.2) is 0 Å². The van der Waals surface area contributed by atoms with Crippen LogP contribution in [0.25, 0.3) is 11.3 Å². The lowest BCUT2D eigenvalue weighted by molar-refractivity contribution is 0.0913. The molecule has 25 heavy (non-hydrogen) atoms. The smallest absolute Gasteiger partial charge is 0.289 e. The van der Waals surface area contributed by atoms with Crippen molar-refractivity contribution < 1.29 is 13.7 Å². The molecule has 1 saturated carbocycles. The first-order valence-corrected chi connectivity index (χ1v) is 8.23. The zero-order chi connectivity index (χ0) is 17.3. The molecule has 4 nitrogen and oxygen atoms in total. The molecule has 1 fully saturated rings. The van der Waals surface area contributed by atoms with Crippen LogP contribution in [0.5, 0.6) is 0 Å². The fourth-order valence-corrected chi connectivity index (χ4v) is 2.99. The standard InChI is InChI=1S/C20H17FN2O2/c21-16-8-6-15(7-9-16)20(10-11-20)13-22-19(24)18-12-17(23-25-18)14-4-2-1-3-5-14/h1-9,12H,10-11,13H2,(H,22,24). The third-order valence-electron chi connectivity index (χ3n) is 4.70. The minimum atomic E-state index is -0.289. The number of aromatic nitrogens is 1. The molecule has 3 aromatic rings. The molecule has 0 bridgehead atoms. The van der Waals surface area contributed by atoms with E-state index in [4.69, 9.17) is 4.52 Å². The zero-order valence-electron chi connectivity index (χ0n) is 13.5. The van der Waals surface area contributed by atoms with Gasteiger partial charge in [0, 0.05) is 23.6 Å². The molecule has 0 radical (unpaired) electrons. The van der Waals surface area contributed by atoms with E-state index in [-0.39, 0.29) is 22.9 Å². The van der Waals surface area contributed by atoms with Crippen molar-refractivity contribution in [3.05, 3.63) is 77.8 Å². The van der Waals surface area contributed by atoms with Crippen molar-refractivity contribution in [3.8, 4) is 11.3 Å². The molecule has 0 unspecified atom stereocenters. The first kappa shape index (κ1) is 15.6. The summed E-state index contributed by atoms with van der Waals surface area (Å²) in [5, 5.41) is 6.87. The van der Waals surface area contributed by atoms with Crippen LogP contribution in [0, 0.1) is 5.82 Å². The van der Waals surface area contributed by atoms with E-state index in [2.05, 4.69) is 10.5 Å². The summed E-state index contributed by atoms with van der Waals surface area (Å²) in [4.78, 5) is 12.3. The Hall–Kier alpha value is -2.95. The maximum Gasteiger partial charge on any atom is 0.289 e.